The molecule has 438 valence electrons. The summed E-state index contributed by atoms with van der Waals surface area (Å²) in [6.07, 6.45) is 22.0. The number of hydrogen-bond acceptors (Lipinski definition) is 8. The van der Waals surface area contributed by atoms with Crippen LogP contribution in [0.4, 0.5) is 22.7 Å². The van der Waals surface area contributed by atoms with Gasteiger partial charge < -0.3 is 48.7 Å². The quantitative estimate of drug-likeness (QED) is 0.0266. The molecular weight excluding hydrogens is 1070 g/mol. The highest BCUT2D eigenvalue weighted by Crippen LogP contribution is 2.50. The summed E-state index contributed by atoms with van der Waals surface area (Å²) >= 11 is 0. The van der Waals surface area contributed by atoms with Crippen molar-refractivity contribution in [3.05, 3.63) is 166 Å². The first-order valence-corrected chi connectivity index (χ1v) is 31.9. The fraction of sp³-hybridized carbons (Fsp3) is 0.424. The summed E-state index contributed by atoms with van der Waals surface area (Å²) in [5, 5.41) is 17.8. The number of carboxylic acid groups (broad SMARTS) is 2. The number of carboxylic acids is 2. The Balaban J connectivity index is 0.000000236. The van der Waals surface area contributed by atoms with E-state index in [9.17, 15) is 38.3 Å². The van der Waals surface area contributed by atoms with Crippen LogP contribution in [0.25, 0.3) is 0 Å². The second-order valence-electron chi connectivity index (χ2n) is 24.2. The molecule has 0 bridgehead atoms. The second kappa shape index (κ2) is 24.9. The normalized spacial score (nSPS) is 19.7. The van der Waals surface area contributed by atoms with Crippen molar-refractivity contribution in [3.8, 4) is 0 Å². The molecular formula is C66H84N4O10P2. The number of allylic oxidation sites excluding steroid dienone is 10. The zero-order chi connectivity index (χ0) is 60.3. The topological polar surface area (TPSA) is 208 Å². The molecule has 82 heavy (non-hydrogen) atoms. The molecule has 0 radical (unpaired) electrons. The molecule has 4 aromatic rings. The molecule has 4 N–H and O–H groups in total. The van der Waals surface area contributed by atoms with Gasteiger partial charge in [0, 0.05) is 118 Å². The number of carbonyl (C=O) groups is 2. The zero-order valence-corrected chi connectivity index (χ0v) is 51.7. The number of anilines is 2. The van der Waals surface area contributed by atoms with Crippen molar-refractivity contribution in [2.24, 2.45) is 0 Å². The largest absolute Gasteiger partial charge is 0.775 e. The van der Waals surface area contributed by atoms with E-state index in [0.717, 1.165) is 85.8 Å². The Morgan fingerprint density at radius 1 is 0.512 bits per heavy atom. The van der Waals surface area contributed by atoms with Gasteiger partial charge in [-0.3, -0.25) is 9.59 Å². The Bertz CT molecular complexity index is 3450. The molecule has 14 nitrogen and oxygen atoms in total. The van der Waals surface area contributed by atoms with Crippen LogP contribution in [0.3, 0.4) is 0 Å². The van der Waals surface area contributed by atoms with Gasteiger partial charge >= 0.3 is 11.9 Å². The van der Waals surface area contributed by atoms with E-state index in [0.29, 0.717) is 12.8 Å². The van der Waals surface area contributed by atoms with Crippen molar-refractivity contribution in [3.63, 3.8) is 0 Å². The lowest BCUT2D eigenvalue weighted by Gasteiger charge is -2.26. The predicted octanol–water partition coefficient (Wildman–Crippen LogP) is 11.4. The molecule has 16 heteroatoms. The van der Waals surface area contributed by atoms with Crippen molar-refractivity contribution in [2.75, 3.05) is 36.0 Å². The third-order valence-electron chi connectivity index (χ3n) is 16.9. The maximum absolute atomic E-state index is 11.9. The summed E-state index contributed by atoms with van der Waals surface area (Å²) in [5.74, 6) is -1.50. The van der Waals surface area contributed by atoms with Gasteiger partial charge in [0.1, 0.15) is 13.1 Å². The van der Waals surface area contributed by atoms with Crippen LogP contribution in [0.15, 0.2) is 133 Å². The Morgan fingerprint density at radius 3 is 1.28 bits per heavy atom. The van der Waals surface area contributed by atoms with Crippen molar-refractivity contribution in [1.82, 2.24) is 0 Å². The summed E-state index contributed by atoms with van der Waals surface area (Å²) in [5.41, 5.74) is 14.3. The Hall–Kier alpha value is -6.24. The van der Waals surface area contributed by atoms with Crippen molar-refractivity contribution in [1.29, 1.82) is 0 Å². The summed E-state index contributed by atoms with van der Waals surface area (Å²) in [6.45, 7) is 28.7. The first-order chi connectivity index (χ1) is 38.4. The monoisotopic (exact) mass is 1150 g/mol. The van der Waals surface area contributed by atoms with Gasteiger partial charge in [-0.1, -0.05) is 75.3 Å². The number of hydrogen-bond donors (Lipinski definition) is 4. The van der Waals surface area contributed by atoms with Crippen molar-refractivity contribution < 1.29 is 57.7 Å². The first kappa shape index (κ1) is 63.3. The van der Waals surface area contributed by atoms with Crippen LogP contribution in [-0.2, 0) is 40.4 Å². The van der Waals surface area contributed by atoms with Crippen LogP contribution in [0.1, 0.15) is 154 Å². The summed E-state index contributed by atoms with van der Waals surface area (Å²) in [7, 11) is -9.19. The highest BCUT2D eigenvalue weighted by Gasteiger charge is 2.46. The molecule has 0 aromatic heterocycles. The highest BCUT2D eigenvalue weighted by atomic mass is 31.2. The average molecular weight is 1160 g/mol. The van der Waals surface area contributed by atoms with E-state index >= 15 is 0 Å². The lowest BCUT2D eigenvalue weighted by molar-refractivity contribution is -0.438. The van der Waals surface area contributed by atoms with E-state index in [1.165, 1.54) is 57.2 Å². The van der Waals surface area contributed by atoms with Gasteiger partial charge in [0.05, 0.1) is 10.8 Å². The molecule has 8 rings (SSSR count). The lowest BCUT2D eigenvalue weighted by Crippen LogP contribution is -2.28. The van der Waals surface area contributed by atoms with Gasteiger partial charge in [0.2, 0.25) is 11.4 Å². The molecule has 0 amide bonds. The average Bonchev–Trinajstić information content (AvgIpc) is 2.81. The molecule has 0 saturated heterocycles. The van der Waals surface area contributed by atoms with Crippen LogP contribution in [-0.4, -0.2) is 78.7 Å². The van der Waals surface area contributed by atoms with Crippen LogP contribution in [0.2, 0.25) is 0 Å². The molecule has 0 fully saturated rings. The SMILES string of the molecule is CCN1/C(=C/C=C/C2=[N+](CCCCCC(=O)O)c3ccc(C)cc3C2(C)C)C(C)(C)c2cc(P(=O)([O-])O)ccc21.CCN1/C(=C/C=C/C=C/C2=[N+](CCCCCC(=O)O)c3ccc(C)cc3C2(C)C)C(C)(C)c2cc(P(=O)([O-])O)ccc21. The number of nitrogens with zero attached hydrogens (tertiary/aromatic N) is 4. The Morgan fingerprint density at radius 2 is 0.902 bits per heavy atom. The number of aliphatic carboxylic acids is 2. The number of aryl methyl sites for hydroxylation is 2. The third-order valence-corrected chi connectivity index (χ3v) is 18.8. The van der Waals surface area contributed by atoms with Crippen molar-refractivity contribution >= 4 is 71.9 Å². The highest BCUT2D eigenvalue weighted by molar-refractivity contribution is 7.59. The van der Waals surface area contributed by atoms with Gasteiger partial charge in [-0.15, -0.1) is 0 Å². The minimum Gasteiger partial charge on any atom is -0.775 e. The molecule has 4 aromatic carbocycles. The maximum Gasteiger partial charge on any atom is 0.303 e. The maximum atomic E-state index is 11.9. The molecule has 0 spiro atoms. The van der Waals surface area contributed by atoms with Gasteiger partial charge in [0.15, 0.2) is 26.6 Å². The standard InChI is InChI=1S/C34H43N2O5P.C32H41N2O5P/c1-7-35-28-20-18-25(42(39,40)41)23-27(28)34(5,6)30(35)14-10-8-11-15-31-33(3,4)26-22-24(2)17-19-29(26)36(31)21-13-9-12-16-32(37)38;1-7-33-26-18-16-23(40(37,38)39)21-25(26)32(5,6)28(33)12-11-13-29-31(3,4)24-20-22(2)15-17-27(24)34(29)19-10-8-9-14-30(35)36/h8,10-11,14-15,17-20,22-23H,7,9,12-13,16,21H2,1-6H3,(H2-,37,38,39,40,41);11-13,15-18,20-21H,7-10,14,19H2,1-6H3,(H2-,35,36,37,38,39). The third kappa shape index (κ3) is 13.2. The molecule has 0 saturated carbocycles. The summed E-state index contributed by atoms with van der Waals surface area (Å²) in [6, 6.07) is 22.8. The van der Waals surface area contributed by atoms with Gasteiger partial charge in [-0.2, -0.15) is 9.15 Å². The van der Waals surface area contributed by atoms with Crippen LogP contribution in [0, 0.1) is 13.8 Å². The minimum absolute atomic E-state index is 0.0658. The van der Waals surface area contributed by atoms with E-state index in [1.54, 1.807) is 24.3 Å². The predicted molar refractivity (Wildman–Crippen MR) is 328 cm³/mol. The molecule has 4 aliphatic rings. The van der Waals surface area contributed by atoms with E-state index < -0.39 is 38.0 Å². The second-order valence-corrected chi connectivity index (χ2v) is 27.3. The van der Waals surface area contributed by atoms with E-state index in [1.807, 2.05) is 12.2 Å². The smallest absolute Gasteiger partial charge is 0.303 e. The van der Waals surface area contributed by atoms with Crippen LogP contribution < -0.4 is 30.2 Å². The Labute approximate surface area is 485 Å². The van der Waals surface area contributed by atoms with Gasteiger partial charge in [0.25, 0.3) is 0 Å². The zero-order valence-electron chi connectivity index (χ0n) is 50.0. The van der Waals surface area contributed by atoms with E-state index in [4.69, 9.17) is 10.2 Å². The minimum atomic E-state index is -4.60. The molecule has 2 unspecified atom stereocenters. The number of likely N-dealkylation sites (N-methyl/N-ethyl adjacent to an activating group) is 2. The van der Waals surface area contributed by atoms with Gasteiger partial charge in [-0.25, -0.2) is 0 Å². The number of benzene rings is 4. The van der Waals surface area contributed by atoms with Crippen molar-refractivity contribution in [2.45, 2.75) is 156 Å². The summed E-state index contributed by atoms with van der Waals surface area (Å²) < 4.78 is 28.4. The Kier molecular flexibility index (Phi) is 19.2. The summed E-state index contributed by atoms with van der Waals surface area (Å²) in [4.78, 5) is 69.1. The van der Waals surface area contributed by atoms with Crippen LogP contribution >= 0.6 is 15.2 Å². The molecule has 0 aliphatic carbocycles. The van der Waals surface area contributed by atoms with E-state index in [2.05, 4.69) is 175 Å². The fourth-order valence-electron chi connectivity index (χ4n) is 12.5. The lowest BCUT2D eigenvalue weighted by atomic mass is 9.80. The first-order valence-electron chi connectivity index (χ1n) is 28.7. The number of fused-ring (bicyclic) bond motifs is 4. The molecule has 4 heterocycles. The molecule has 2 atom stereocenters. The van der Waals surface area contributed by atoms with Gasteiger partial charge in [-0.05, 0) is 153 Å². The fourth-order valence-corrected chi connectivity index (χ4v) is 13.6. The number of unbranched alkanes of at least 4 members (excludes halogenated alkanes) is 4. The van der Waals surface area contributed by atoms with Crippen LogP contribution in [0.5, 0.6) is 0 Å². The van der Waals surface area contributed by atoms with E-state index in [-0.39, 0.29) is 34.3 Å². The molecule has 4 aliphatic heterocycles. The number of rotatable bonds is 21.